The van der Waals surface area contributed by atoms with Crippen LogP contribution in [0.2, 0.25) is 0 Å². The topological polar surface area (TPSA) is 94.3 Å². The molecule has 0 radical (unpaired) electrons. The van der Waals surface area contributed by atoms with Crippen LogP contribution in [0.1, 0.15) is 6.92 Å². The van der Waals surface area contributed by atoms with Gasteiger partial charge in [-0.05, 0) is 6.92 Å². The number of aliphatic hydroxyl groups excluding tert-OH is 3. The van der Waals surface area contributed by atoms with Crippen molar-refractivity contribution in [2.75, 3.05) is 6.54 Å². The zero-order valence-electron chi connectivity index (χ0n) is 10.4. The van der Waals surface area contributed by atoms with Gasteiger partial charge in [0, 0.05) is 6.54 Å². The number of thioether (sulfide) groups is 1. The van der Waals surface area contributed by atoms with E-state index in [0.29, 0.717) is 11.7 Å². The first-order valence-electron chi connectivity index (χ1n) is 6.00. The first-order valence-corrected chi connectivity index (χ1v) is 6.88. The minimum Gasteiger partial charge on any atom is -0.388 e. The largest absolute Gasteiger partial charge is 0.417 e. The number of amidine groups is 1. The van der Waals surface area contributed by atoms with E-state index in [2.05, 4.69) is 10.3 Å². The quantitative estimate of drug-likeness (QED) is 0.545. The summed E-state index contributed by atoms with van der Waals surface area (Å²) >= 11 is 1.02. The Labute approximate surface area is 117 Å². The lowest BCUT2D eigenvalue weighted by Gasteiger charge is -2.40. The lowest BCUT2D eigenvalue weighted by atomic mass is 9.94. The molecule has 0 saturated carbocycles. The molecule has 116 valence electrons. The van der Waals surface area contributed by atoms with E-state index in [-0.39, 0.29) is 0 Å². The van der Waals surface area contributed by atoms with Gasteiger partial charge in [0.25, 0.3) is 0 Å². The second-order valence-electron chi connectivity index (χ2n) is 4.51. The van der Waals surface area contributed by atoms with Crippen molar-refractivity contribution in [1.82, 2.24) is 5.32 Å². The molecule has 0 spiro atoms. The van der Waals surface area contributed by atoms with Crippen molar-refractivity contribution in [3.05, 3.63) is 0 Å². The Hall–Kier alpha value is -0.550. The highest BCUT2D eigenvalue weighted by Gasteiger charge is 2.55. The molecule has 6 nitrogen and oxygen atoms in total. The number of fused-ring (bicyclic) bond motifs is 1. The summed E-state index contributed by atoms with van der Waals surface area (Å²) < 4.78 is 42.6. The summed E-state index contributed by atoms with van der Waals surface area (Å²) in [5, 5.41) is 32.1. The van der Waals surface area contributed by atoms with Crippen LogP contribution in [-0.4, -0.2) is 69.1 Å². The minimum absolute atomic E-state index is 0.427. The average Bonchev–Trinajstić information content (AvgIpc) is 2.75. The number of rotatable bonds is 2. The van der Waals surface area contributed by atoms with Crippen molar-refractivity contribution in [3.63, 3.8) is 0 Å². The summed E-state index contributed by atoms with van der Waals surface area (Å²) in [4.78, 5) is 4.06. The molecule has 0 aromatic rings. The first-order chi connectivity index (χ1) is 9.25. The van der Waals surface area contributed by atoms with Crippen LogP contribution in [0.3, 0.4) is 0 Å². The fourth-order valence-corrected chi connectivity index (χ4v) is 3.25. The molecule has 4 N–H and O–H groups in total. The van der Waals surface area contributed by atoms with Gasteiger partial charge in [-0.2, -0.15) is 13.2 Å². The number of hydrogen-bond donors (Lipinski definition) is 4. The van der Waals surface area contributed by atoms with Crippen LogP contribution in [0.4, 0.5) is 13.2 Å². The van der Waals surface area contributed by atoms with Crippen molar-refractivity contribution in [2.45, 2.75) is 49.0 Å². The first kappa shape index (κ1) is 15.8. The van der Waals surface area contributed by atoms with Gasteiger partial charge in [0.2, 0.25) is 0 Å². The Morgan fingerprint density at radius 1 is 1.40 bits per heavy atom. The third-order valence-corrected chi connectivity index (χ3v) is 4.17. The predicted octanol–water partition coefficient (Wildman–Crippen LogP) is -0.563. The molecule has 20 heavy (non-hydrogen) atoms. The predicted molar refractivity (Wildman–Crippen MR) is 65.2 cm³/mol. The van der Waals surface area contributed by atoms with Gasteiger partial charge in [-0.25, -0.2) is 0 Å². The van der Waals surface area contributed by atoms with Crippen molar-refractivity contribution in [3.8, 4) is 0 Å². The minimum atomic E-state index is -4.94. The van der Waals surface area contributed by atoms with Gasteiger partial charge in [-0.3, -0.25) is 4.99 Å². The van der Waals surface area contributed by atoms with E-state index in [1.54, 1.807) is 0 Å². The van der Waals surface area contributed by atoms with E-state index >= 15 is 0 Å². The van der Waals surface area contributed by atoms with Crippen LogP contribution in [-0.2, 0) is 4.74 Å². The van der Waals surface area contributed by atoms with Crippen LogP contribution in [0.15, 0.2) is 4.99 Å². The highest BCUT2D eigenvalue weighted by atomic mass is 32.2. The molecule has 6 atom stereocenters. The van der Waals surface area contributed by atoms with E-state index in [0.717, 1.165) is 11.8 Å². The monoisotopic (exact) mass is 316 g/mol. The molecule has 2 rings (SSSR count). The normalized spacial score (nSPS) is 39.1. The summed E-state index contributed by atoms with van der Waals surface area (Å²) in [7, 11) is 0. The maximum Gasteiger partial charge on any atom is 0.417 e. The molecule has 1 unspecified atom stereocenters. The van der Waals surface area contributed by atoms with Crippen LogP contribution in [0, 0.1) is 0 Å². The van der Waals surface area contributed by atoms with Gasteiger partial charge in [0.05, 0.1) is 0 Å². The Morgan fingerprint density at radius 3 is 2.60 bits per heavy atom. The molecule has 0 aliphatic carbocycles. The van der Waals surface area contributed by atoms with E-state index in [9.17, 15) is 28.5 Å². The van der Waals surface area contributed by atoms with Gasteiger partial charge < -0.3 is 25.4 Å². The molecular formula is C10H15F3N2O4S. The molecule has 2 aliphatic heterocycles. The van der Waals surface area contributed by atoms with Crippen LogP contribution in [0.5, 0.6) is 0 Å². The van der Waals surface area contributed by atoms with E-state index in [1.165, 1.54) is 0 Å². The van der Waals surface area contributed by atoms with Gasteiger partial charge >= 0.3 is 6.18 Å². The molecule has 10 heteroatoms. The van der Waals surface area contributed by atoms with Crippen molar-refractivity contribution in [1.29, 1.82) is 0 Å². The maximum absolute atomic E-state index is 12.5. The van der Waals surface area contributed by atoms with E-state index in [4.69, 9.17) is 4.74 Å². The van der Waals surface area contributed by atoms with Crippen LogP contribution < -0.4 is 5.32 Å². The number of nitrogens with one attached hydrogen (secondary N) is 1. The number of ether oxygens (including phenoxy) is 1. The number of aliphatic imine (C=N–C) groups is 1. The number of nitrogens with zero attached hydrogens (tertiary/aromatic N) is 1. The lowest BCUT2D eigenvalue weighted by Crippen LogP contribution is -2.60. The number of hydrogen-bond acceptors (Lipinski definition) is 7. The number of alkyl halides is 3. The Morgan fingerprint density at radius 2 is 2.05 bits per heavy atom. The zero-order valence-corrected chi connectivity index (χ0v) is 11.2. The second-order valence-corrected chi connectivity index (χ2v) is 5.60. The summed E-state index contributed by atoms with van der Waals surface area (Å²) in [6.45, 7) is 2.37. The van der Waals surface area contributed by atoms with Crippen LogP contribution in [0.25, 0.3) is 0 Å². The zero-order chi connectivity index (χ0) is 15.1. The smallest absolute Gasteiger partial charge is 0.388 e. The second kappa shape index (κ2) is 5.68. The average molecular weight is 316 g/mol. The number of aliphatic hydroxyl groups is 3. The molecule has 0 aromatic heterocycles. The Kier molecular flexibility index (Phi) is 4.50. The van der Waals surface area contributed by atoms with Crippen LogP contribution >= 0.6 is 11.8 Å². The summed E-state index contributed by atoms with van der Waals surface area (Å²) in [5.41, 5.74) is -0.871. The van der Waals surface area contributed by atoms with Gasteiger partial charge in [-0.1, -0.05) is 11.8 Å². The highest BCUT2D eigenvalue weighted by Crippen LogP contribution is 2.38. The van der Waals surface area contributed by atoms with Gasteiger partial charge in [-0.15, -0.1) is 0 Å². The van der Waals surface area contributed by atoms with E-state index < -0.39 is 42.1 Å². The fraction of sp³-hybridized carbons (Fsp3) is 0.900. The molecule has 0 amide bonds. The SMILES string of the molecule is CCNC1=N[C@H]2C(O[C@H]([C@@H](O)C(F)(F)F)[C@@H](O)[C@@H]2O)S1. The molecule has 2 heterocycles. The standard InChI is InChI=1S/C10H15F3N2O4S/c1-2-14-9-15-3-4(16)5(17)6(19-8(3)20-9)7(18)10(11,12)13/h3-8,16-18H,2H2,1H3,(H,14,15)/t3-,4-,5+,6+,7-,8?/m1/s1. The highest BCUT2D eigenvalue weighted by molar-refractivity contribution is 8.14. The van der Waals surface area contributed by atoms with Crippen molar-refractivity contribution >= 4 is 16.9 Å². The lowest BCUT2D eigenvalue weighted by molar-refractivity contribution is -0.271. The molecule has 0 aromatic carbocycles. The van der Waals surface area contributed by atoms with Crippen molar-refractivity contribution < 1.29 is 33.2 Å². The third kappa shape index (κ3) is 2.89. The summed E-state index contributed by atoms with van der Waals surface area (Å²) in [5.74, 6) is 0. The summed E-state index contributed by atoms with van der Waals surface area (Å²) in [6, 6.07) is -0.860. The van der Waals surface area contributed by atoms with Crippen molar-refractivity contribution in [2.24, 2.45) is 4.99 Å². The van der Waals surface area contributed by atoms with E-state index in [1.807, 2.05) is 6.92 Å². The molecule has 2 aliphatic rings. The fourth-order valence-electron chi connectivity index (χ4n) is 2.07. The molecule has 1 saturated heterocycles. The Balaban J connectivity index is 2.13. The van der Waals surface area contributed by atoms with Gasteiger partial charge in [0.15, 0.2) is 11.3 Å². The molecule has 0 bridgehead atoms. The maximum atomic E-state index is 12.5. The Bertz CT molecular complexity index is 395. The molecule has 1 fully saturated rings. The summed E-state index contributed by atoms with van der Waals surface area (Å²) in [6.07, 6.45) is -13.1. The van der Waals surface area contributed by atoms with Gasteiger partial charge in [0.1, 0.15) is 29.8 Å². The molecular weight excluding hydrogens is 301 g/mol. The number of halogens is 3. The third-order valence-electron chi connectivity index (χ3n) is 3.08.